The number of hydrogen-bond donors (Lipinski definition) is 0. The van der Waals surface area contributed by atoms with E-state index in [9.17, 15) is 14.9 Å². The molecule has 1 aliphatic heterocycles. The van der Waals surface area contributed by atoms with Crippen molar-refractivity contribution in [3.63, 3.8) is 0 Å². The number of para-hydroxylation sites is 1. The average Bonchev–Trinajstić information content (AvgIpc) is 2.89. The Hall–Kier alpha value is -3.52. The van der Waals surface area contributed by atoms with Crippen LogP contribution in [0.5, 0.6) is 0 Å². The molecule has 0 radical (unpaired) electrons. The van der Waals surface area contributed by atoms with Crippen LogP contribution in [0, 0.1) is 10.1 Å². The topological polar surface area (TPSA) is 79.0 Å². The molecular weight excluding hydrogens is 448 g/mol. The van der Waals surface area contributed by atoms with E-state index in [1.165, 1.54) is 17.1 Å². The minimum absolute atomic E-state index is 0.0344. The lowest BCUT2D eigenvalue weighted by atomic mass is 10.1. The summed E-state index contributed by atoms with van der Waals surface area (Å²) >= 11 is 3.49. The Morgan fingerprint density at radius 2 is 1.60 bits per heavy atom. The van der Waals surface area contributed by atoms with Crippen molar-refractivity contribution in [2.24, 2.45) is 5.10 Å². The van der Waals surface area contributed by atoms with E-state index in [2.05, 4.69) is 21.0 Å². The van der Waals surface area contributed by atoms with Gasteiger partial charge < -0.3 is 0 Å². The summed E-state index contributed by atoms with van der Waals surface area (Å²) in [6.07, 6.45) is 0. The van der Waals surface area contributed by atoms with Crippen molar-refractivity contribution in [2.45, 2.75) is 6.54 Å². The Bertz CT molecular complexity index is 1120. The fourth-order valence-electron chi connectivity index (χ4n) is 3.30. The summed E-state index contributed by atoms with van der Waals surface area (Å²) < 4.78 is 0. The Labute approximate surface area is 181 Å². The highest BCUT2D eigenvalue weighted by Gasteiger charge is 2.30. The van der Waals surface area contributed by atoms with E-state index >= 15 is 0 Å². The van der Waals surface area contributed by atoms with E-state index in [1.807, 2.05) is 54.6 Å². The van der Waals surface area contributed by atoms with Gasteiger partial charge in [-0.3, -0.25) is 15.0 Å². The molecule has 0 N–H and O–H groups in total. The van der Waals surface area contributed by atoms with Crippen molar-refractivity contribution in [1.29, 1.82) is 0 Å². The molecule has 2 amide bonds. The number of nitro groups is 1. The fourth-order valence-corrected chi connectivity index (χ4v) is 3.72. The first-order valence-corrected chi connectivity index (χ1v) is 10.3. The second kappa shape index (κ2) is 8.46. The first-order chi connectivity index (χ1) is 14.6. The first kappa shape index (κ1) is 19.8. The molecule has 3 aromatic carbocycles. The van der Waals surface area contributed by atoms with E-state index < -0.39 is 4.92 Å². The van der Waals surface area contributed by atoms with E-state index in [-0.39, 0.29) is 11.7 Å². The van der Waals surface area contributed by atoms with Gasteiger partial charge in [0, 0.05) is 23.0 Å². The molecule has 8 heteroatoms. The summed E-state index contributed by atoms with van der Waals surface area (Å²) in [5.74, 6) is 0. The maximum atomic E-state index is 13.6. The van der Waals surface area contributed by atoms with E-state index in [0.717, 1.165) is 16.8 Å². The van der Waals surface area contributed by atoms with Crippen LogP contribution in [0.15, 0.2) is 84.0 Å². The van der Waals surface area contributed by atoms with Crippen LogP contribution in [-0.2, 0) is 6.54 Å². The minimum atomic E-state index is -0.463. The van der Waals surface area contributed by atoms with Gasteiger partial charge in [0.25, 0.3) is 5.69 Å². The van der Waals surface area contributed by atoms with Gasteiger partial charge in [0.05, 0.1) is 28.6 Å². The molecule has 0 unspecified atom stereocenters. The maximum absolute atomic E-state index is 13.6. The van der Waals surface area contributed by atoms with Crippen molar-refractivity contribution in [1.82, 2.24) is 5.01 Å². The van der Waals surface area contributed by atoms with Gasteiger partial charge in [-0.2, -0.15) is 5.10 Å². The lowest BCUT2D eigenvalue weighted by Crippen LogP contribution is -2.36. The number of urea groups is 1. The van der Waals surface area contributed by atoms with Crippen molar-refractivity contribution >= 4 is 44.7 Å². The van der Waals surface area contributed by atoms with Gasteiger partial charge in [0.2, 0.25) is 0 Å². The van der Waals surface area contributed by atoms with Crippen molar-refractivity contribution < 1.29 is 9.72 Å². The molecule has 0 atom stereocenters. The highest BCUT2D eigenvalue weighted by atomic mass is 79.9. The summed E-state index contributed by atoms with van der Waals surface area (Å²) in [7, 11) is 0. The second-order valence-electron chi connectivity index (χ2n) is 6.63. The zero-order valence-corrected chi connectivity index (χ0v) is 17.4. The zero-order chi connectivity index (χ0) is 21.1. The monoisotopic (exact) mass is 464 g/mol. The molecule has 7 nitrogen and oxygen atoms in total. The van der Waals surface area contributed by atoms with Crippen molar-refractivity contribution in [3.8, 4) is 0 Å². The number of anilines is 2. The molecule has 1 aliphatic rings. The summed E-state index contributed by atoms with van der Waals surface area (Å²) in [5.41, 5.74) is 3.65. The number of nitro benzene ring substituents is 1. The first-order valence-electron chi connectivity index (χ1n) is 9.21. The molecule has 4 rings (SSSR count). The van der Waals surface area contributed by atoms with Crippen LogP contribution in [0.1, 0.15) is 11.1 Å². The number of fused-ring (bicyclic) bond motifs is 1. The zero-order valence-electron chi connectivity index (χ0n) is 15.8. The van der Waals surface area contributed by atoms with Crippen LogP contribution in [0.4, 0.5) is 21.9 Å². The number of nitrogens with zero attached hydrogens (tertiary/aromatic N) is 4. The number of amides is 2. The molecule has 3 aromatic rings. The Kier molecular flexibility index (Phi) is 5.58. The highest BCUT2D eigenvalue weighted by Crippen LogP contribution is 2.34. The predicted octanol–water partition coefficient (Wildman–Crippen LogP) is 5.47. The number of carbonyl (C=O) groups is 1. The predicted molar refractivity (Wildman–Crippen MR) is 119 cm³/mol. The minimum Gasteiger partial charge on any atom is -0.261 e. The number of halogens is 1. The Balaban J connectivity index is 1.82. The number of hydrogen-bond acceptors (Lipinski definition) is 4. The Morgan fingerprint density at radius 1 is 0.933 bits per heavy atom. The molecule has 0 aromatic heterocycles. The van der Waals surface area contributed by atoms with E-state index in [1.54, 1.807) is 17.0 Å². The maximum Gasteiger partial charge on any atom is 0.349 e. The third-order valence-electron chi connectivity index (χ3n) is 4.73. The number of benzene rings is 3. The molecule has 0 bridgehead atoms. The normalized spacial score (nSPS) is 13.5. The largest absolute Gasteiger partial charge is 0.349 e. The highest BCUT2D eigenvalue weighted by molar-refractivity contribution is 9.09. The number of non-ortho nitro benzene ring substituents is 1. The average molecular weight is 465 g/mol. The molecule has 0 aliphatic carbocycles. The molecule has 0 saturated carbocycles. The third kappa shape index (κ3) is 3.81. The molecule has 0 saturated heterocycles. The molecule has 30 heavy (non-hydrogen) atoms. The number of rotatable bonds is 5. The summed E-state index contributed by atoms with van der Waals surface area (Å²) in [5, 5.41) is 17.6. The van der Waals surface area contributed by atoms with E-state index in [4.69, 9.17) is 0 Å². The van der Waals surface area contributed by atoms with Crippen LogP contribution >= 0.6 is 15.9 Å². The van der Waals surface area contributed by atoms with Gasteiger partial charge >= 0.3 is 6.03 Å². The second-order valence-corrected chi connectivity index (χ2v) is 7.19. The molecule has 0 spiro atoms. The third-order valence-corrected chi connectivity index (χ3v) is 5.26. The van der Waals surface area contributed by atoms with Crippen LogP contribution in [-0.4, -0.2) is 27.0 Å². The smallest absolute Gasteiger partial charge is 0.261 e. The summed E-state index contributed by atoms with van der Waals surface area (Å²) in [4.78, 5) is 25.7. The van der Waals surface area contributed by atoms with Gasteiger partial charge in [-0.25, -0.2) is 9.80 Å². The molecule has 0 fully saturated rings. The van der Waals surface area contributed by atoms with Crippen LogP contribution in [0.2, 0.25) is 0 Å². The summed E-state index contributed by atoms with van der Waals surface area (Å²) in [6, 6.07) is 22.7. The van der Waals surface area contributed by atoms with Crippen LogP contribution in [0.3, 0.4) is 0 Å². The van der Waals surface area contributed by atoms with Gasteiger partial charge in [-0.05, 0) is 23.8 Å². The van der Waals surface area contributed by atoms with Gasteiger partial charge in [0.15, 0.2) is 0 Å². The van der Waals surface area contributed by atoms with E-state index in [0.29, 0.717) is 23.2 Å². The fraction of sp³-hybridized carbons (Fsp3) is 0.0909. The van der Waals surface area contributed by atoms with Crippen LogP contribution in [0.25, 0.3) is 0 Å². The molecule has 1 heterocycles. The van der Waals surface area contributed by atoms with Crippen molar-refractivity contribution in [3.05, 3.63) is 100 Å². The quantitative estimate of drug-likeness (QED) is 0.285. The lowest BCUT2D eigenvalue weighted by molar-refractivity contribution is -0.384. The summed E-state index contributed by atoms with van der Waals surface area (Å²) in [6.45, 7) is 0.299. The SMILES string of the molecule is O=C1N(Cc2ccccc2)N=C(CBr)c2ccccc2N1c1ccc([N+](=O)[O-])cc1. The number of hydrazone groups is 1. The standard InChI is InChI=1S/C22H17BrN4O3/c23-14-20-19-8-4-5-9-21(19)26(17-10-12-18(13-11-17)27(29)30)22(28)25(24-20)15-16-6-2-1-3-7-16/h1-13H,14-15H2. The van der Waals surface area contributed by atoms with Gasteiger partial charge in [-0.15, -0.1) is 0 Å². The van der Waals surface area contributed by atoms with Gasteiger partial charge in [-0.1, -0.05) is 64.5 Å². The number of carbonyl (C=O) groups excluding carboxylic acids is 1. The number of alkyl halides is 1. The van der Waals surface area contributed by atoms with Gasteiger partial charge in [0.1, 0.15) is 0 Å². The Morgan fingerprint density at radius 3 is 2.27 bits per heavy atom. The van der Waals surface area contributed by atoms with Crippen molar-refractivity contribution in [2.75, 3.05) is 10.2 Å². The van der Waals surface area contributed by atoms with Crippen LogP contribution < -0.4 is 4.90 Å². The lowest BCUT2D eigenvalue weighted by Gasteiger charge is -2.26. The molecular formula is C22H17BrN4O3. The molecule has 150 valence electrons.